The monoisotopic (exact) mass is 192 g/mol. The Morgan fingerprint density at radius 2 is 2.15 bits per heavy atom. The van der Waals surface area contributed by atoms with Crippen molar-refractivity contribution in [2.45, 2.75) is 25.6 Å². The molecule has 0 saturated heterocycles. The molecule has 0 fully saturated rings. The largest absolute Gasteiger partial charge is 0.418 e. The fourth-order valence-corrected chi connectivity index (χ4v) is 1.14. The minimum absolute atomic E-state index is 0.0504. The molecule has 0 amide bonds. The number of aliphatic hydroxyl groups excluding tert-OH is 1. The molecular formula is C9H11F3O. The van der Waals surface area contributed by atoms with Gasteiger partial charge < -0.3 is 5.11 Å². The van der Waals surface area contributed by atoms with Crippen LogP contribution in [0.25, 0.3) is 0 Å². The predicted molar refractivity (Wildman–Crippen MR) is 43.1 cm³/mol. The van der Waals surface area contributed by atoms with Gasteiger partial charge in [0, 0.05) is 0 Å². The first-order valence-corrected chi connectivity index (χ1v) is 4.04. The average Bonchev–Trinajstić information content (AvgIpc) is 2.03. The van der Waals surface area contributed by atoms with Gasteiger partial charge in [0.05, 0.1) is 0 Å². The summed E-state index contributed by atoms with van der Waals surface area (Å²) in [4.78, 5) is 0. The number of hydrogen-bond donors (Lipinski definition) is 1. The molecule has 2 atom stereocenters. The number of allylic oxidation sites excluding steroid dienone is 2. The lowest BCUT2D eigenvalue weighted by Gasteiger charge is -2.19. The molecule has 0 aromatic rings. The highest BCUT2D eigenvalue weighted by Gasteiger charge is 2.40. The van der Waals surface area contributed by atoms with Crippen molar-refractivity contribution in [3.05, 3.63) is 23.8 Å². The first kappa shape index (κ1) is 10.3. The molecule has 1 N–H and O–H groups in total. The van der Waals surface area contributed by atoms with Crippen LogP contribution in [0.1, 0.15) is 13.3 Å². The second-order valence-corrected chi connectivity index (χ2v) is 3.22. The minimum atomic E-state index is -4.56. The third kappa shape index (κ3) is 2.59. The second-order valence-electron chi connectivity index (χ2n) is 3.22. The molecule has 1 nitrogen and oxygen atoms in total. The van der Waals surface area contributed by atoms with Crippen molar-refractivity contribution in [3.8, 4) is 0 Å². The smallest absolute Gasteiger partial charge is 0.379 e. The highest BCUT2D eigenvalue weighted by atomic mass is 19.4. The Morgan fingerprint density at radius 1 is 1.54 bits per heavy atom. The van der Waals surface area contributed by atoms with Crippen LogP contribution in [0.5, 0.6) is 0 Å². The average molecular weight is 192 g/mol. The van der Waals surface area contributed by atoms with Crippen LogP contribution >= 0.6 is 0 Å². The van der Waals surface area contributed by atoms with E-state index in [1.165, 1.54) is 12.2 Å². The third-order valence-electron chi connectivity index (χ3n) is 1.97. The van der Waals surface area contributed by atoms with Crippen LogP contribution in [0.2, 0.25) is 0 Å². The van der Waals surface area contributed by atoms with Gasteiger partial charge in [-0.15, -0.1) is 0 Å². The van der Waals surface area contributed by atoms with E-state index in [0.29, 0.717) is 6.42 Å². The number of rotatable bonds is 1. The molecule has 0 aliphatic heterocycles. The lowest BCUT2D eigenvalue weighted by Crippen LogP contribution is -2.30. The van der Waals surface area contributed by atoms with Gasteiger partial charge >= 0.3 is 6.18 Å². The van der Waals surface area contributed by atoms with E-state index in [2.05, 4.69) is 0 Å². The molecule has 0 bridgehead atoms. The topological polar surface area (TPSA) is 20.2 Å². The van der Waals surface area contributed by atoms with Crippen molar-refractivity contribution in [2.24, 2.45) is 5.92 Å². The molecule has 0 spiro atoms. The summed E-state index contributed by atoms with van der Waals surface area (Å²) in [5, 5.41) is 8.85. The van der Waals surface area contributed by atoms with Crippen molar-refractivity contribution in [1.29, 1.82) is 0 Å². The Kier molecular flexibility index (Phi) is 2.81. The maximum atomic E-state index is 12.0. The second kappa shape index (κ2) is 3.54. The molecule has 0 aromatic carbocycles. The summed E-state index contributed by atoms with van der Waals surface area (Å²) >= 11 is 0. The van der Waals surface area contributed by atoms with E-state index in [1.807, 2.05) is 6.92 Å². The highest BCUT2D eigenvalue weighted by Crippen LogP contribution is 2.28. The lowest BCUT2D eigenvalue weighted by atomic mass is 9.95. The SMILES string of the molecule is CC1C=CC(C(O)C(F)(F)F)=CC1. The standard InChI is InChI=1S/C9H11F3O/c1-6-2-4-7(5-3-6)8(13)9(10,11)12/h2,4-6,8,13H,3H2,1H3. The van der Waals surface area contributed by atoms with Gasteiger partial charge in [-0.3, -0.25) is 0 Å². The van der Waals surface area contributed by atoms with E-state index < -0.39 is 12.3 Å². The highest BCUT2D eigenvalue weighted by molar-refractivity contribution is 5.28. The molecule has 74 valence electrons. The van der Waals surface area contributed by atoms with Gasteiger partial charge in [-0.05, 0) is 17.9 Å². The Labute approximate surface area is 74.6 Å². The third-order valence-corrected chi connectivity index (χ3v) is 1.97. The molecule has 1 rings (SSSR count). The molecule has 1 aliphatic carbocycles. The Hall–Kier alpha value is -0.770. The van der Waals surface area contributed by atoms with Gasteiger partial charge in [0.2, 0.25) is 0 Å². The minimum Gasteiger partial charge on any atom is -0.379 e. The quantitative estimate of drug-likeness (QED) is 0.676. The number of halogens is 3. The van der Waals surface area contributed by atoms with Crippen molar-refractivity contribution >= 4 is 0 Å². The molecule has 2 unspecified atom stereocenters. The van der Waals surface area contributed by atoms with E-state index in [9.17, 15) is 13.2 Å². The van der Waals surface area contributed by atoms with E-state index in [4.69, 9.17) is 5.11 Å². The summed E-state index contributed by atoms with van der Waals surface area (Å²) < 4.78 is 36.0. The maximum absolute atomic E-state index is 12.0. The predicted octanol–water partition coefficient (Wildman–Crippen LogP) is 2.43. The molecule has 1 aliphatic rings. The van der Waals surface area contributed by atoms with Crippen LogP contribution in [-0.2, 0) is 0 Å². The zero-order valence-electron chi connectivity index (χ0n) is 7.17. The van der Waals surface area contributed by atoms with Crippen molar-refractivity contribution in [1.82, 2.24) is 0 Å². The number of alkyl halides is 3. The summed E-state index contributed by atoms with van der Waals surface area (Å²) in [6.45, 7) is 1.91. The summed E-state index contributed by atoms with van der Waals surface area (Å²) in [5.41, 5.74) is -0.0504. The van der Waals surface area contributed by atoms with Crippen LogP contribution in [0.3, 0.4) is 0 Å². The van der Waals surface area contributed by atoms with E-state index in [0.717, 1.165) is 0 Å². The Bertz CT molecular complexity index is 240. The molecular weight excluding hydrogens is 181 g/mol. The molecule has 13 heavy (non-hydrogen) atoms. The zero-order chi connectivity index (χ0) is 10.1. The molecule has 0 radical (unpaired) electrons. The first-order chi connectivity index (χ1) is 5.91. The van der Waals surface area contributed by atoms with Crippen molar-refractivity contribution in [3.63, 3.8) is 0 Å². The van der Waals surface area contributed by atoms with E-state index in [-0.39, 0.29) is 11.5 Å². The van der Waals surface area contributed by atoms with Crippen LogP contribution < -0.4 is 0 Å². The molecule has 0 aromatic heterocycles. The number of hydrogen-bond acceptors (Lipinski definition) is 1. The van der Waals surface area contributed by atoms with Gasteiger partial charge in [0.25, 0.3) is 0 Å². The summed E-state index contributed by atoms with van der Waals surface area (Å²) in [5.74, 6) is 0.254. The van der Waals surface area contributed by atoms with Gasteiger partial charge in [-0.25, -0.2) is 0 Å². The van der Waals surface area contributed by atoms with E-state index in [1.54, 1.807) is 6.08 Å². The van der Waals surface area contributed by atoms with Crippen LogP contribution in [-0.4, -0.2) is 17.4 Å². The van der Waals surface area contributed by atoms with Crippen molar-refractivity contribution in [2.75, 3.05) is 0 Å². The van der Waals surface area contributed by atoms with Gasteiger partial charge in [0.15, 0.2) is 6.10 Å². The van der Waals surface area contributed by atoms with Gasteiger partial charge in [0.1, 0.15) is 0 Å². The molecule has 0 saturated carbocycles. The number of aliphatic hydroxyl groups is 1. The molecule has 4 heteroatoms. The van der Waals surface area contributed by atoms with Crippen molar-refractivity contribution < 1.29 is 18.3 Å². The lowest BCUT2D eigenvalue weighted by molar-refractivity contribution is -0.190. The Morgan fingerprint density at radius 3 is 2.54 bits per heavy atom. The first-order valence-electron chi connectivity index (χ1n) is 4.04. The van der Waals surface area contributed by atoms with Gasteiger partial charge in [-0.2, -0.15) is 13.2 Å². The summed E-state index contributed by atoms with van der Waals surface area (Å²) in [7, 11) is 0. The normalized spacial score (nSPS) is 25.6. The summed E-state index contributed by atoms with van der Waals surface area (Å²) in [6, 6.07) is 0. The van der Waals surface area contributed by atoms with Gasteiger partial charge in [-0.1, -0.05) is 25.2 Å². The Balaban J connectivity index is 2.70. The maximum Gasteiger partial charge on any atom is 0.418 e. The zero-order valence-corrected chi connectivity index (χ0v) is 7.17. The van der Waals surface area contributed by atoms with Crippen LogP contribution in [0, 0.1) is 5.92 Å². The summed E-state index contributed by atoms with van der Waals surface area (Å²) in [6.07, 6.45) is -1.90. The van der Waals surface area contributed by atoms with Crippen LogP contribution in [0.15, 0.2) is 23.8 Å². The molecule has 0 heterocycles. The fourth-order valence-electron chi connectivity index (χ4n) is 1.14. The van der Waals surface area contributed by atoms with E-state index >= 15 is 0 Å². The van der Waals surface area contributed by atoms with Crippen LogP contribution in [0.4, 0.5) is 13.2 Å². The fraction of sp³-hybridized carbons (Fsp3) is 0.556.